The Balaban J connectivity index is 1.18. The van der Waals surface area contributed by atoms with Crippen LogP contribution in [0.5, 0.6) is 17.2 Å². The molecule has 3 atom stereocenters. The Hall–Kier alpha value is -4.13. The molecular weight excluding hydrogens is 647 g/mol. The molecule has 0 bridgehead atoms. The third-order valence-corrected chi connectivity index (χ3v) is 10.4. The lowest BCUT2D eigenvalue weighted by Gasteiger charge is -2.35. The highest BCUT2D eigenvalue weighted by molar-refractivity contribution is 8.15. The Morgan fingerprint density at radius 2 is 1.61 bits per heavy atom. The van der Waals surface area contributed by atoms with Crippen LogP contribution in [-0.2, 0) is 16.0 Å². The van der Waals surface area contributed by atoms with Gasteiger partial charge in [-0.15, -0.1) is 0 Å². The van der Waals surface area contributed by atoms with Crippen LogP contribution in [0.2, 0.25) is 0 Å². The van der Waals surface area contributed by atoms with E-state index in [2.05, 4.69) is 5.32 Å². The highest BCUT2D eigenvalue weighted by Crippen LogP contribution is 2.47. The second-order valence-corrected chi connectivity index (χ2v) is 13.8. The third-order valence-electron chi connectivity index (χ3n) is 8.09. The van der Waals surface area contributed by atoms with E-state index in [9.17, 15) is 19.2 Å². The maximum Gasteiger partial charge on any atom is 0.344 e. The normalized spacial score (nSPS) is 18.8. The number of fused-ring (bicyclic) bond motifs is 1. The van der Waals surface area contributed by atoms with Gasteiger partial charge in [-0.25, -0.2) is 9.59 Å². The first-order valence-electron chi connectivity index (χ1n) is 14.7. The number of carbonyl (C=O) groups is 4. The van der Waals surface area contributed by atoms with Crippen LogP contribution < -0.4 is 19.5 Å². The SMILES string of the molecule is Cc1c(C)c2c(c(C)c1OC(=O)c1ccsc1)C(OC(=O)c1ccsc1)CC(CCOc1ccc(CC3SC(=O)NC3=O)cc1)O2. The molecule has 2 aliphatic heterocycles. The van der Waals surface area contributed by atoms with Crippen molar-refractivity contribution in [3.05, 3.63) is 96.9 Å². The van der Waals surface area contributed by atoms with Gasteiger partial charge < -0.3 is 18.9 Å². The third kappa shape index (κ3) is 6.84. The second kappa shape index (κ2) is 13.7. The van der Waals surface area contributed by atoms with E-state index in [0.29, 0.717) is 65.4 Å². The second-order valence-electron chi connectivity index (χ2n) is 11.1. The monoisotopic (exact) mass is 677 g/mol. The summed E-state index contributed by atoms with van der Waals surface area (Å²) < 4.78 is 24.6. The lowest BCUT2D eigenvalue weighted by atomic mass is 9.89. The van der Waals surface area contributed by atoms with Crippen LogP contribution in [0.4, 0.5) is 4.79 Å². The van der Waals surface area contributed by atoms with E-state index in [0.717, 1.165) is 28.5 Å². The maximum absolute atomic E-state index is 13.1. The average Bonchev–Trinajstić information content (AvgIpc) is 3.82. The number of hydrogen-bond donors (Lipinski definition) is 1. The smallest absolute Gasteiger partial charge is 0.344 e. The van der Waals surface area contributed by atoms with Crippen molar-refractivity contribution in [1.82, 2.24) is 5.32 Å². The molecule has 238 valence electrons. The summed E-state index contributed by atoms with van der Waals surface area (Å²) in [5, 5.41) is 8.71. The van der Waals surface area contributed by atoms with Gasteiger partial charge in [0, 0.05) is 34.7 Å². The lowest BCUT2D eigenvalue weighted by Crippen LogP contribution is -2.31. The van der Waals surface area contributed by atoms with Crippen LogP contribution in [0.3, 0.4) is 0 Å². The summed E-state index contributed by atoms with van der Waals surface area (Å²) in [5.74, 6) is 0.593. The quantitative estimate of drug-likeness (QED) is 0.136. The number of esters is 2. The van der Waals surface area contributed by atoms with Crippen LogP contribution >= 0.6 is 34.4 Å². The highest BCUT2D eigenvalue weighted by atomic mass is 32.2. The van der Waals surface area contributed by atoms with Gasteiger partial charge in [-0.3, -0.25) is 14.9 Å². The number of imide groups is 1. The number of ether oxygens (including phenoxy) is 4. The molecule has 0 saturated carbocycles. The first-order chi connectivity index (χ1) is 22.2. The fraction of sp³-hybridized carbons (Fsp3) is 0.294. The molecule has 0 radical (unpaired) electrons. The van der Waals surface area contributed by atoms with Gasteiger partial charge in [0.25, 0.3) is 5.24 Å². The van der Waals surface area contributed by atoms with Gasteiger partial charge >= 0.3 is 11.9 Å². The van der Waals surface area contributed by atoms with E-state index >= 15 is 0 Å². The van der Waals surface area contributed by atoms with E-state index in [1.165, 1.54) is 22.7 Å². The molecule has 1 N–H and O–H groups in total. The Kier molecular flexibility index (Phi) is 9.48. The van der Waals surface area contributed by atoms with E-state index in [1.807, 2.05) is 55.8 Å². The fourth-order valence-corrected chi connectivity index (χ4v) is 7.66. The van der Waals surface area contributed by atoms with Gasteiger partial charge in [0.05, 0.1) is 23.0 Å². The molecule has 1 fully saturated rings. The first-order valence-corrected chi connectivity index (χ1v) is 17.5. The molecule has 1 saturated heterocycles. The molecule has 2 aliphatic rings. The van der Waals surface area contributed by atoms with E-state index < -0.39 is 23.3 Å². The molecule has 6 rings (SSSR count). The summed E-state index contributed by atoms with van der Waals surface area (Å²) in [5.41, 5.74) is 4.85. The number of carbonyl (C=O) groups excluding carboxylic acids is 4. The van der Waals surface area contributed by atoms with Crippen molar-refractivity contribution in [1.29, 1.82) is 0 Å². The van der Waals surface area contributed by atoms with Gasteiger partial charge in [0.2, 0.25) is 5.91 Å². The number of hydrogen-bond acceptors (Lipinski definition) is 11. The van der Waals surface area contributed by atoms with Crippen molar-refractivity contribution in [3.8, 4) is 17.2 Å². The summed E-state index contributed by atoms with van der Waals surface area (Å²) in [6.45, 7) is 6.02. The summed E-state index contributed by atoms with van der Waals surface area (Å²) >= 11 is 3.85. The summed E-state index contributed by atoms with van der Waals surface area (Å²) in [6.07, 6.45) is 0.444. The van der Waals surface area contributed by atoms with Crippen molar-refractivity contribution in [3.63, 3.8) is 0 Å². The van der Waals surface area contributed by atoms with Crippen LogP contribution in [0.15, 0.2) is 57.9 Å². The van der Waals surface area contributed by atoms with Crippen LogP contribution in [-0.4, -0.2) is 41.0 Å². The van der Waals surface area contributed by atoms with Gasteiger partial charge in [0.15, 0.2) is 0 Å². The molecule has 0 spiro atoms. The van der Waals surface area contributed by atoms with E-state index in [-0.39, 0.29) is 17.3 Å². The fourth-order valence-electron chi connectivity index (χ4n) is 5.55. The predicted octanol–water partition coefficient (Wildman–Crippen LogP) is 7.37. The van der Waals surface area contributed by atoms with E-state index in [4.69, 9.17) is 18.9 Å². The highest BCUT2D eigenvalue weighted by Gasteiger charge is 2.37. The molecule has 2 aromatic heterocycles. The first kappa shape index (κ1) is 31.8. The van der Waals surface area contributed by atoms with E-state index in [1.54, 1.807) is 22.9 Å². The van der Waals surface area contributed by atoms with Gasteiger partial charge in [-0.05, 0) is 78.9 Å². The standard InChI is InChI=1S/C34H31NO8S3/c1-18-19(2)30-28(20(3)29(18)43-33(38)23-10-13-45-17-23)26(42-32(37)22-9-12-44-16-22)15-25(41-30)8-11-40-24-6-4-21(5-7-24)14-27-31(36)35-34(39)46-27/h4-7,9-10,12-13,16-17,25-27H,8,11,14-15H2,1-3H3,(H,35,36,39). The molecule has 46 heavy (non-hydrogen) atoms. The minimum absolute atomic E-state index is 0.264. The lowest BCUT2D eigenvalue weighted by molar-refractivity contribution is -0.118. The zero-order valence-corrected chi connectivity index (χ0v) is 27.8. The van der Waals surface area contributed by atoms with Crippen molar-refractivity contribution in [2.75, 3.05) is 6.61 Å². The molecule has 2 amide bonds. The molecule has 9 nitrogen and oxygen atoms in total. The number of benzene rings is 2. The van der Waals surface area contributed by atoms with Gasteiger partial charge in [-0.1, -0.05) is 23.9 Å². The molecule has 12 heteroatoms. The van der Waals surface area contributed by atoms with Crippen LogP contribution in [0.1, 0.15) is 67.5 Å². The topological polar surface area (TPSA) is 117 Å². The summed E-state index contributed by atoms with van der Waals surface area (Å²) in [6, 6.07) is 10.9. The Morgan fingerprint density at radius 3 is 2.24 bits per heavy atom. The average molecular weight is 678 g/mol. The maximum atomic E-state index is 13.1. The molecule has 4 heterocycles. The molecule has 4 aromatic rings. The Bertz CT molecular complexity index is 1770. The zero-order valence-electron chi connectivity index (χ0n) is 25.3. The zero-order chi connectivity index (χ0) is 32.4. The number of amides is 2. The minimum Gasteiger partial charge on any atom is -0.493 e. The number of thiophene rings is 2. The summed E-state index contributed by atoms with van der Waals surface area (Å²) in [7, 11) is 0. The summed E-state index contributed by atoms with van der Waals surface area (Å²) in [4.78, 5) is 49.4. The predicted molar refractivity (Wildman–Crippen MR) is 177 cm³/mol. The number of rotatable bonds is 10. The molecular formula is C34H31NO8S3. The van der Waals surface area contributed by atoms with Crippen molar-refractivity contribution in [2.45, 2.75) is 57.5 Å². The van der Waals surface area contributed by atoms with Crippen molar-refractivity contribution >= 4 is 57.5 Å². The van der Waals surface area contributed by atoms with Crippen LogP contribution in [0, 0.1) is 20.8 Å². The van der Waals surface area contributed by atoms with Gasteiger partial charge in [-0.2, -0.15) is 22.7 Å². The van der Waals surface area contributed by atoms with Crippen molar-refractivity contribution in [2.24, 2.45) is 0 Å². The number of thioether (sulfide) groups is 1. The number of nitrogens with one attached hydrogen (secondary N) is 1. The van der Waals surface area contributed by atoms with Crippen LogP contribution in [0.25, 0.3) is 0 Å². The molecule has 0 aliphatic carbocycles. The van der Waals surface area contributed by atoms with Gasteiger partial charge in [0.1, 0.15) is 29.5 Å². The van der Waals surface area contributed by atoms with Crippen molar-refractivity contribution < 1.29 is 38.1 Å². The Labute approximate surface area is 278 Å². The largest absolute Gasteiger partial charge is 0.493 e. The minimum atomic E-state index is -0.629. The molecule has 3 unspecified atom stereocenters. The molecule has 2 aromatic carbocycles. The Morgan fingerprint density at radius 1 is 0.913 bits per heavy atom.